The van der Waals surface area contributed by atoms with E-state index in [4.69, 9.17) is 15.2 Å². The van der Waals surface area contributed by atoms with Crippen LogP contribution in [-0.2, 0) is 32.3 Å². The van der Waals surface area contributed by atoms with Crippen LogP contribution in [0, 0.1) is 20.2 Å². The normalized spacial score (nSPS) is 17.7. The molecule has 2 aliphatic heterocycles. The van der Waals surface area contributed by atoms with E-state index in [1.165, 1.54) is 53.4 Å². The molecule has 2 atom stereocenters. The van der Waals surface area contributed by atoms with E-state index in [0.29, 0.717) is 42.6 Å². The average molecular weight is 733 g/mol. The number of amidine groups is 1. The Hall–Kier alpha value is -5.84. The summed E-state index contributed by atoms with van der Waals surface area (Å²) in [4.78, 5) is 80.7. The standard InChI is InChI=1S/C35H36N6O10S/c36-31(19-32(42)50-21-23-6-10-27(11-7-23)40(46)47)37-26-14-16-38(17-15-26)33(43)30-18-29(52-34(44)25-4-2-1-3-5-25)20-39(30)35(45)51-22-24-8-12-28(13-9-24)41(48)49/h1-13,26,29-30H,14-22H2,(H2,36,37)/t29-,30-/m0/s1. The van der Waals surface area contributed by atoms with Gasteiger partial charge in [0.1, 0.15) is 31.5 Å². The van der Waals surface area contributed by atoms with E-state index < -0.39 is 28.0 Å². The number of aliphatic imine (C=N–C) groups is 1. The Kier molecular flexibility index (Phi) is 12.5. The highest BCUT2D eigenvalue weighted by Crippen LogP contribution is 2.32. The lowest BCUT2D eigenvalue weighted by atomic mass is 10.0. The van der Waals surface area contributed by atoms with E-state index in [1.54, 1.807) is 35.2 Å². The first-order valence-electron chi connectivity index (χ1n) is 16.4. The summed E-state index contributed by atoms with van der Waals surface area (Å²) < 4.78 is 10.7. The number of piperidine rings is 1. The minimum Gasteiger partial charge on any atom is -0.460 e. The van der Waals surface area contributed by atoms with Crippen molar-refractivity contribution in [3.8, 4) is 0 Å². The molecule has 0 unspecified atom stereocenters. The molecule has 0 spiro atoms. The van der Waals surface area contributed by atoms with Crippen LogP contribution in [0.15, 0.2) is 83.9 Å². The zero-order valence-corrected chi connectivity index (χ0v) is 28.7. The highest BCUT2D eigenvalue weighted by Gasteiger charge is 2.43. The molecule has 0 bridgehead atoms. The van der Waals surface area contributed by atoms with E-state index in [2.05, 4.69) is 4.99 Å². The minimum absolute atomic E-state index is 0.0716. The lowest BCUT2D eigenvalue weighted by Gasteiger charge is -2.34. The van der Waals surface area contributed by atoms with Gasteiger partial charge in [-0.3, -0.25) is 44.5 Å². The van der Waals surface area contributed by atoms with Crippen LogP contribution in [0.25, 0.3) is 0 Å². The summed E-state index contributed by atoms with van der Waals surface area (Å²) in [5.41, 5.74) is 7.49. The molecule has 17 heteroatoms. The maximum absolute atomic E-state index is 13.9. The largest absolute Gasteiger partial charge is 0.460 e. The quantitative estimate of drug-likeness (QED) is 0.0886. The molecule has 2 heterocycles. The van der Waals surface area contributed by atoms with Gasteiger partial charge in [-0.25, -0.2) is 4.79 Å². The van der Waals surface area contributed by atoms with E-state index in [0.717, 1.165) is 11.8 Å². The minimum atomic E-state index is -0.874. The average Bonchev–Trinajstić information content (AvgIpc) is 3.57. The molecular formula is C35H36N6O10S. The third-order valence-corrected chi connectivity index (χ3v) is 9.70. The molecule has 52 heavy (non-hydrogen) atoms. The van der Waals surface area contributed by atoms with Gasteiger partial charge in [0.25, 0.3) is 11.4 Å². The fourth-order valence-electron chi connectivity index (χ4n) is 5.84. The van der Waals surface area contributed by atoms with Crippen molar-refractivity contribution in [3.05, 3.63) is 116 Å². The Morgan fingerprint density at radius 3 is 1.94 bits per heavy atom. The second-order valence-electron chi connectivity index (χ2n) is 12.2. The molecule has 3 aromatic carbocycles. The van der Waals surface area contributed by atoms with Gasteiger partial charge in [-0.1, -0.05) is 42.1 Å². The van der Waals surface area contributed by atoms with Crippen molar-refractivity contribution in [2.24, 2.45) is 10.7 Å². The summed E-state index contributed by atoms with van der Waals surface area (Å²) in [5, 5.41) is 21.2. The molecule has 16 nitrogen and oxygen atoms in total. The van der Waals surface area contributed by atoms with Gasteiger partial charge in [-0.2, -0.15) is 0 Å². The Bertz CT molecular complexity index is 1820. The first-order valence-corrected chi connectivity index (χ1v) is 17.3. The number of likely N-dealkylation sites (tertiary alicyclic amines) is 2. The number of nitrogens with two attached hydrogens (primary N) is 1. The fraction of sp³-hybridized carbons (Fsp3) is 0.343. The summed E-state index contributed by atoms with van der Waals surface area (Å²) in [6.45, 7) is 0.523. The van der Waals surface area contributed by atoms with E-state index in [9.17, 15) is 39.4 Å². The van der Waals surface area contributed by atoms with Crippen LogP contribution < -0.4 is 5.73 Å². The zero-order chi connectivity index (χ0) is 37.2. The second-order valence-corrected chi connectivity index (χ2v) is 13.5. The number of benzene rings is 3. The number of nitro benzene ring substituents is 2. The number of thioether (sulfide) groups is 1. The van der Waals surface area contributed by atoms with E-state index in [-0.39, 0.29) is 72.1 Å². The molecule has 0 aromatic heterocycles. The number of hydrogen-bond acceptors (Lipinski definition) is 12. The summed E-state index contributed by atoms with van der Waals surface area (Å²) in [7, 11) is 0. The molecular weight excluding hydrogens is 696 g/mol. The number of carbonyl (C=O) groups is 4. The number of hydrogen-bond donors (Lipinski definition) is 1. The first-order chi connectivity index (χ1) is 25.0. The third-order valence-electron chi connectivity index (χ3n) is 8.57. The molecule has 2 aliphatic rings. The summed E-state index contributed by atoms with van der Waals surface area (Å²) in [6.07, 6.45) is 0.186. The van der Waals surface area contributed by atoms with Crippen LogP contribution in [0.2, 0.25) is 0 Å². The molecule has 0 aliphatic carbocycles. The molecule has 2 saturated heterocycles. The van der Waals surface area contributed by atoms with E-state index in [1.807, 2.05) is 0 Å². The number of ether oxygens (including phenoxy) is 2. The molecule has 0 radical (unpaired) electrons. The SMILES string of the molecule is NC(CC(=O)OCc1ccc([N+](=O)[O-])cc1)=NC1CCN(C(=O)[C@@H]2C[C@H](SC(=O)c3ccccc3)CN2C(=O)OCc2ccc([N+](=O)[O-])cc2)CC1. The topological polar surface area (TPSA) is 218 Å². The molecule has 3 aromatic rings. The van der Waals surface area contributed by atoms with Gasteiger partial charge in [0, 0.05) is 54.7 Å². The fourth-order valence-corrected chi connectivity index (χ4v) is 6.93. The predicted molar refractivity (Wildman–Crippen MR) is 189 cm³/mol. The Morgan fingerprint density at radius 1 is 0.827 bits per heavy atom. The molecule has 272 valence electrons. The van der Waals surface area contributed by atoms with E-state index >= 15 is 0 Å². The summed E-state index contributed by atoms with van der Waals surface area (Å²) in [6, 6.07) is 18.8. The smallest absolute Gasteiger partial charge is 0.410 e. The summed E-state index contributed by atoms with van der Waals surface area (Å²) >= 11 is 1.07. The van der Waals surface area contributed by atoms with Crippen LogP contribution in [0.3, 0.4) is 0 Å². The Morgan fingerprint density at radius 2 is 1.38 bits per heavy atom. The van der Waals surface area contributed by atoms with Crippen LogP contribution in [0.5, 0.6) is 0 Å². The molecule has 2 amide bonds. The van der Waals surface area contributed by atoms with Crippen LogP contribution in [-0.4, -0.2) is 85.5 Å². The van der Waals surface area contributed by atoms with Crippen molar-refractivity contribution in [1.82, 2.24) is 9.80 Å². The number of esters is 1. The van der Waals surface area contributed by atoms with Crippen molar-refractivity contribution >= 4 is 52.1 Å². The summed E-state index contributed by atoms with van der Waals surface area (Å²) in [5.74, 6) is -0.806. The number of carbonyl (C=O) groups excluding carboxylic acids is 4. The monoisotopic (exact) mass is 732 g/mol. The van der Waals surface area contributed by atoms with Crippen molar-refractivity contribution in [2.45, 2.75) is 56.2 Å². The Labute approximate surface area is 302 Å². The van der Waals surface area contributed by atoms with Gasteiger partial charge in [0.15, 0.2) is 0 Å². The lowest BCUT2D eigenvalue weighted by Crippen LogP contribution is -2.50. The molecule has 2 fully saturated rings. The first kappa shape index (κ1) is 37.4. The number of non-ortho nitro benzene ring substituents is 2. The molecule has 2 N–H and O–H groups in total. The van der Waals surface area contributed by atoms with Crippen LogP contribution in [0.4, 0.5) is 16.2 Å². The number of amides is 2. The van der Waals surface area contributed by atoms with Crippen LogP contribution >= 0.6 is 11.8 Å². The van der Waals surface area contributed by atoms with Crippen molar-refractivity contribution in [3.63, 3.8) is 0 Å². The van der Waals surface area contributed by atoms with Crippen LogP contribution in [0.1, 0.15) is 47.2 Å². The third kappa shape index (κ3) is 10.1. The van der Waals surface area contributed by atoms with Crippen molar-refractivity contribution < 1.29 is 38.5 Å². The number of nitrogens with zero attached hydrogens (tertiary/aromatic N) is 5. The lowest BCUT2D eigenvalue weighted by molar-refractivity contribution is -0.385. The highest BCUT2D eigenvalue weighted by molar-refractivity contribution is 8.14. The maximum atomic E-state index is 13.9. The highest BCUT2D eigenvalue weighted by atomic mass is 32.2. The second kappa shape index (κ2) is 17.4. The van der Waals surface area contributed by atoms with Crippen molar-refractivity contribution in [2.75, 3.05) is 19.6 Å². The zero-order valence-electron chi connectivity index (χ0n) is 27.9. The predicted octanol–water partition coefficient (Wildman–Crippen LogP) is 4.64. The molecule has 0 saturated carbocycles. The Balaban J connectivity index is 1.15. The van der Waals surface area contributed by atoms with Gasteiger partial charge in [0.2, 0.25) is 11.0 Å². The van der Waals surface area contributed by atoms with Crippen molar-refractivity contribution in [1.29, 1.82) is 0 Å². The van der Waals surface area contributed by atoms with Gasteiger partial charge in [0.05, 0.1) is 15.9 Å². The van der Waals surface area contributed by atoms with Gasteiger partial charge >= 0.3 is 12.1 Å². The van der Waals surface area contributed by atoms with Gasteiger partial charge in [-0.05, 0) is 54.7 Å². The van der Waals surface area contributed by atoms with Gasteiger partial charge < -0.3 is 20.1 Å². The maximum Gasteiger partial charge on any atom is 0.410 e. The molecule has 5 rings (SSSR count). The van der Waals surface area contributed by atoms with Gasteiger partial charge in [-0.15, -0.1) is 0 Å². The number of rotatable bonds is 12. The number of nitro groups is 2.